The molecule has 1 aromatic carbocycles. The van der Waals surface area contributed by atoms with Crippen molar-refractivity contribution in [2.24, 2.45) is 0 Å². The van der Waals surface area contributed by atoms with Crippen molar-refractivity contribution in [3.05, 3.63) is 35.8 Å². The molecule has 1 aromatic heterocycles. The SMILES string of the molecule is Cl.O=C(Nc1ccc(-c2nccs2)cc1)[C@H]1CCCCN1. The van der Waals surface area contributed by atoms with E-state index in [2.05, 4.69) is 15.6 Å². The maximum atomic E-state index is 12.1. The van der Waals surface area contributed by atoms with E-state index in [0.717, 1.165) is 42.1 Å². The van der Waals surface area contributed by atoms with Gasteiger partial charge in [-0.15, -0.1) is 23.7 Å². The van der Waals surface area contributed by atoms with Crippen molar-refractivity contribution in [1.82, 2.24) is 10.3 Å². The maximum Gasteiger partial charge on any atom is 0.241 e. The van der Waals surface area contributed by atoms with Crippen LogP contribution < -0.4 is 10.6 Å². The van der Waals surface area contributed by atoms with Gasteiger partial charge in [0.15, 0.2) is 0 Å². The number of nitrogens with one attached hydrogen (secondary N) is 2. The Kier molecular flexibility index (Phi) is 5.73. The molecule has 1 saturated heterocycles. The summed E-state index contributed by atoms with van der Waals surface area (Å²) in [5.41, 5.74) is 1.91. The second-order valence-electron chi connectivity index (χ2n) is 4.91. The molecule has 2 heterocycles. The molecule has 0 unspecified atom stereocenters. The van der Waals surface area contributed by atoms with Gasteiger partial charge < -0.3 is 10.6 Å². The summed E-state index contributed by atoms with van der Waals surface area (Å²) in [5.74, 6) is 0.0618. The van der Waals surface area contributed by atoms with E-state index in [1.54, 1.807) is 17.5 Å². The minimum Gasteiger partial charge on any atom is -0.325 e. The van der Waals surface area contributed by atoms with Crippen LogP contribution in [-0.2, 0) is 4.79 Å². The van der Waals surface area contributed by atoms with Crippen molar-refractivity contribution in [3.8, 4) is 10.6 Å². The van der Waals surface area contributed by atoms with Gasteiger partial charge >= 0.3 is 0 Å². The summed E-state index contributed by atoms with van der Waals surface area (Å²) < 4.78 is 0. The number of hydrogen-bond acceptors (Lipinski definition) is 4. The number of carbonyl (C=O) groups is 1. The number of rotatable bonds is 3. The topological polar surface area (TPSA) is 54.0 Å². The second-order valence-corrected chi connectivity index (χ2v) is 5.80. The lowest BCUT2D eigenvalue weighted by Gasteiger charge is -2.22. The number of halogens is 1. The third-order valence-electron chi connectivity index (χ3n) is 3.46. The quantitative estimate of drug-likeness (QED) is 0.911. The molecule has 4 nitrogen and oxygen atoms in total. The van der Waals surface area contributed by atoms with Crippen molar-refractivity contribution >= 4 is 35.3 Å². The average Bonchev–Trinajstić information content (AvgIpc) is 3.03. The fourth-order valence-corrected chi connectivity index (χ4v) is 3.01. The van der Waals surface area contributed by atoms with Crippen molar-refractivity contribution in [1.29, 1.82) is 0 Å². The van der Waals surface area contributed by atoms with Crippen LogP contribution in [0.1, 0.15) is 19.3 Å². The molecule has 1 atom stereocenters. The van der Waals surface area contributed by atoms with Gasteiger partial charge in [0.1, 0.15) is 5.01 Å². The Bertz CT molecular complexity index is 565. The number of piperidine rings is 1. The molecule has 112 valence electrons. The molecule has 1 fully saturated rings. The van der Waals surface area contributed by atoms with Crippen LogP contribution in [0.3, 0.4) is 0 Å². The van der Waals surface area contributed by atoms with Crippen LogP contribution in [0.25, 0.3) is 10.6 Å². The largest absolute Gasteiger partial charge is 0.325 e. The van der Waals surface area contributed by atoms with Gasteiger partial charge in [-0.1, -0.05) is 6.42 Å². The van der Waals surface area contributed by atoms with Crippen LogP contribution in [0.2, 0.25) is 0 Å². The summed E-state index contributed by atoms with van der Waals surface area (Å²) >= 11 is 1.61. The molecule has 0 spiro atoms. The zero-order valence-electron chi connectivity index (χ0n) is 11.5. The van der Waals surface area contributed by atoms with E-state index in [0.29, 0.717) is 0 Å². The summed E-state index contributed by atoms with van der Waals surface area (Å²) in [6.45, 7) is 0.932. The Hall–Kier alpha value is -1.43. The molecule has 0 bridgehead atoms. The van der Waals surface area contributed by atoms with Gasteiger partial charge in [-0.3, -0.25) is 4.79 Å². The van der Waals surface area contributed by atoms with Gasteiger partial charge in [-0.05, 0) is 43.7 Å². The van der Waals surface area contributed by atoms with Crippen LogP contribution >= 0.6 is 23.7 Å². The number of hydrogen-bond donors (Lipinski definition) is 2. The van der Waals surface area contributed by atoms with E-state index in [-0.39, 0.29) is 24.4 Å². The lowest BCUT2D eigenvalue weighted by molar-refractivity contribution is -0.118. The first-order valence-electron chi connectivity index (χ1n) is 6.87. The van der Waals surface area contributed by atoms with Gasteiger partial charge in [-0.25, -0.2) is 4.98 Å². The molecular weight excluding hydrogens is 306 g/mol. The van der Waals surface area contributed by atoms with E-state index in [4.69, 9.17) is 0 Å². The lowest BCUT2D eigenvalue weighted by Crippen LogP contribution is -2.43. The molecule has 21 heavy (non-hydrogen) atoms. The van der Waals surface area contributed by atoms with Gasteiger partial charge in [0.25, 0.3) is 0 Å². The molecular formula is C15H18ClN3OS. The Morgan fingerprint density at radius 3 is 2.71 bits per heavy atom. The molecule has 6 heteroatoms. The Morgan fingerprint density at radius 1 is 1.29 bits per heavy atom. The number of benzene rings is 1. The van der Waals surface area contributed by atoms with Gasteiger partial charge in [0.2, 0.25) is 5.91 Å². The van der Waals surface area contributed by atoms with Crippen molar-refractivity contribution in [2.75, 3.05) is 11.9 Å². The van der Waals surface area contributed by atoms with Gasteiger partial charge in [0, 0.05) is 22.8 Å². The summed E-state index contributed by atoms with van der Waals surface area (Å²) in [6.07, 6.45) is 4.99. The third kappa shape index (κ3) is 4.03. The van der Waals surface area contributed by atoms with Crippen LogP contribution in [0.4, 0.5) is 5.69 Å². The van der Waals surface area contributed by atoms with E-state index in [9.17, 15) is 4.79 Å². The second kappa shape index (κ2) is 7.54. The predicted molar refractivity (Wildman–Crippen MR) is 89.1 cm³/mol. The average molecular weight is 324 g/mol. The zero-order chi connectivity index (χ0) is 13.8. The molecule has 1 aliphatic heterocycles. The smallest absolute Gasteiger partial charge is 0.241 e. The molecule has 0 saturated carbocycles. The summed E-state index contributed by atoms with van der Waals surface area (Å²) in [4.78, 5) is 16.4. The zero-order valence-corrected chi connectivity index (χ0v) is 13.2. The Labute approximate surface area is 134 Å². The number of nitrogens with zero attached hydrogens (tertiary/aromatic N) is 1. The first-order valence-corrected chi connectivity index (χ1v) is 7.75. The maximum absolute atomic E-state index is 12.1. The Balaban J connectivity index is 0.00000161. The minimum absolute atomic E-state index is 0. The first-order chi connectivity index (χ1) is 9.83. The van der Waals surface area contributed by atoms with E-state index < -0.39 is 0 Å². The van der Waals surface area contributed by atoms with Gasteiger partial charge in [0.05, 0.1) is 6.04 Å². The van der Waals surface area contributed by atoms with Crippen LogP contribution in [0, 0.1) is 0 Å². The molecule has 2 aromatic rings. The standard InChI is InChI=1S/C15H17N3OS.ClH/c19-14(13-3-1-2-8-16-13)18-12-6-4-11(5-7-12)15-17-9-10-20-15;/h4-7,9-10,13,16H,1-3,8H2,(H,18,19);1H/t13-;/m1./s1. The Morgan fingerprint density at radius 2 is 2.10 bits per heavy atom. The number of anilines is 1. The fraction of sp³-hybridized carbons (Fsp3) is 0.333. The molecule has 0 aliphatic carbocycles. The highest BCUT2D eigenvalue weighted by Gasteiger charge is 2.20. The highest BCUT2D eigenvalue weighted by atomic mass is 35.5. The monoisotopic (exact) mass is 323 g/mol. The fourth-order valence-electron chi connectivity index (χ4n) is 2.37. The van der Waals surface area contributed by atoms with Gasteiger partial charge in [-0.2, -0.15) is 0 Å². The molecule has 0 radical (unpaired) electrons. The van der Waals surface area contributed by atoms with Crippen molar-refractivity contribution < 1.29 is 4.79 Å². The van der Waals surface area contributed by atoms with Crippen molar-refractivity contribution in [3.63, 3.8) is 0 Å². The first kappa shape index (κ1) is 15.9. The van der Waals surface area contributed by atoms with Crippen LogP contribution in [0.5, 0.6) is 0 Å². The highest BCUT2D eigenvalue weighted by Crippen LogP contribution is 2.23. The predicted octanol–water partition coefficient (Wildman–Crippen LogP) is 3.31. The summed E-state index contributed by atoms with van der Waals surface area (Å²) in [6, 6.07) is 7.78. The molecule has 1 aliphatic rings. The molecule has 3 rings (SSSR count). The van der Waals surface area contributed by atoms with Crippen LogP contribution in [0.15, 0.2) is 35.8 Å². The van der Waals surface area contributed by atoms with E-state index >= 15 is 0 Å². The number of aromatic nitrogens is 1. The molecule has 2 N–H and O–H groups in total. The van der Waals surface area contributed by atoms with E-state index in [1.807, 2.05) is 29.6 Å². The number of amides is 1. The van der Waals surface area contributed by atoms with E-state index in [1.165, 1.54) is 0 Å². The highest BCUT2D eigenvalue weighted by molar-refractivity contribution is 7.13. The number of thiazole rings is 1. The third-order valence-corrected chi connectivity index (χ3v) is 4.28. The minimum atomic E-state index is -0.0533. The van der Waals surface area contributed by atoms with Crippen LogP contribution in [-0.4, -0.2) is 23.5 Å². The summed E-state index contributed by atoms with van der Waals surface area (Å²) in [7, 11) is 0. The van der Waals surface area contributed by atoms with Crippen molar-refractivity contribution in [2.45, 2.75) is 25.3 Å². The molecule has 1 amide bonds. The lowest BCUT2D eigenvalue weighted by atomic mass is 10.0. The number of carbonyl (C=O) groups excluding carboxylic acids is 1. The summed E-state index contributed by atoms with van der Waals surface area (Å²) in [5, 5.41) is 9.17. The normalized spacial score (nSPS) is 17.8.